The molecule has 3 heteroatoms. The summed E-state index contributed by atoms with van der Waals surface area (Å²) in [6.45, 7) is 0. The molecule has 86 valence electrons. The average Bonchev–Trinajstić information content (AvgIpc) is 2.82. The molecule has 0 atom stereocenters. The Bertz CT molecular complexity index is 514. The van der Waals surface area contributed by atoms with Gasteiger partial charge in [-0.15, -0.1) is 35.1 Å². The maximum Gasteiger partial charge on any atom is 0.0849 e. The summed E-state index contributed by atoms with van der Waals surface area (Å²) in [6, 6.07) is 17.0. The van der Waals surface area contributed by atoms with E-state index in [1.165, 1.54) is 20.9 Å². The van der Waals surface area contributed by atoms with Crippen LogP contribution in [0.3, 0.4) is 0 Å². The molecule has 1 aliphatic rings. The SMILES string of the molecule is ClCc1ccccc1C1Sc2ccccc2S1. The Morgan fingerprint density at radius 1 is 0.882 bits per heavy atom. The van der Waals surface area contributed by atoms with Gasteiger partial charge < -0.3 is 0 Å². The third-order valence-electron chi connectivity index (χ3n) is 2.77. The predicted octanol–water partition coefficient (Wildman–Crippen LogP) is 5.32. The number of hydrogen-bond donors (Lipinski definition) is 0. The van der Waals surface area contributed by atoms with Crippen LogP contribution < -0.4 is 0 Å². The Labute approximate surface area is 115 Å². The van der Waals surface area contributed by atoms with Crippen molar-refractivity contribution in [3.05, 3.63) is 59.7 Å². The second-order valence-corrected chi connectivity index (χ2v) is 6.71. The maximum atomic E-state index is 6.00. The van der Waals surface area contributed by atoms with Gasteiger partial charge in [0.15, 0.2) is 0 Å². The summed E-state index contributed by atoms with van der Waals surface area (Å²) in [4.78, 5) is 2.76. The third-order valence-corrected chi connectivity index (χ3v) is 5.92. The largest absolute Gasteiger partial charge is 0.122 e. The van der Waals surface area contributed by atoms with Gasteiger partial charge in [-0.25, -0.2) is 0 Å². The lowest BCUT2D eigenvalue weighted by atomic mass is 10.1. The molecule has 0 N–H and O–H groups in total. The highest BCUT2D eigenvalue weighted by atomic mass is 35.5. The second-order valence-electron chi connectivity index (χ2n) is 3.85. The van der Waals surface area contributed by atoms with E-state index in [1.54, 1.807) is 0 Å². The molecule has 0 bridgehead atoms. The standard InChI is InChI=1S/C14H11ClS2/c15-9-10-5-1-2-6-11(10)14-16-12-7-3-4-8-13(12)17-14/h1-8,14H,9H2. The van der Waals surface area contributed by atoms with Crippen molar-refractivity contribution < 1.29 is 0 Å². The molecule has 2 aromatic carbocycles. The summed E-state index contributed by atoms with van der Waals surface area (Å²) >= 11 is 9.85. The number of hydrogen-bond acceptors (Lipinski definition) is 2. The van der Waals surface area contributed by atoms with Crippen molar-refractivity contribution in [1.29, 1.82) is 0 Å². The molecule has 0 saturated heterocycles. The minimum Gasteiger partial charge on any atom is -0.122 e. The van der Waals surface area contributed by atoms with Crippen LogP contribution in [-0.2, 0) is 5.88 Å². The Kier molecular flexibility index (Phi) is 3.37. The third kappa shape index (κ3) is 2.22. The molecular formula is C14H11ClS2. The molecule has 0 unspecified atom stereocenters. The van der Waals surface area contributed by atoms with Crippen LogP contribution in [0.5, 0.6) is 0 Å². The van der Waals surface area contributed by atoms with Crippen molar-refractivity contribution in [3.8, 4) is 0 Å². The number of fused-ring (bicyclic) bond motifs is 1. The van der Waals surface area contributed by atoms with E-state index >= 15 is 0 Å². The van der Waals surface area contributed by atoms with Crippen LogP contribution in [-0.4, -0.2) is 0 Å². The van der Waals surface area contributed by atoms with E-state index in [9.17, 15) is 0 Å². The van der Waals surface area contributed by atoms with E-state index < -0.39 is 0 Å². The predicted molar refractivity (Wildman–Crippen MR) is 76.9 cm³/mol. The van der Waals surface area contributed by atoms with Crippen molar-refractivity contribution in [2.45, 2.75) is 20.3 Å². The number of thioether (sulfide) groups is 2. The molecular weight excluding hydrogens is 268 g/mol. The van der Waals surface area contributed by atoms with Gasteiger partial charge in [-0.2, -0.15) is 0 Å². The molecule has 1 heterocycles. The second kappa shape index (κ2) is 4.97. The summed E-state index contributed by atoms with van der Waals surface area (Å²) in [5.41, 5.74) is 2.60. The first-order chi connectivity index (χ1) is 8.38. The summed E-state index contributed by atoms with van der Waals surface area (Å²) in [5, 5.41) is 0. The summed E-state index contributed by atoms with van der Waals surface area (Å²) in [5.74, 6) is 0.587. The van der Waals surface area contributed by atoms with Gasteiger partial charge in [0, 0.05) is 15.7 Å². The highest BCUT2D eigenvalue weighted by molar-refractivity contribution is 8.18. The van der Waals surface area contributed by atoms with E-state index in [-0.39, 0.29) is 0 Å². The summed E-state index contributed by atoms with van der Waals surface area (Å²) < 4.78 is 0.447. The molecule has 17 heavy (non-hydrogen) atoms. The smallest absolute Gasteiger partial charge is 0.0849 e. The van der Waals surface area contributed by atoms with Crippen LogP contribution in [0.4, 0.5) is 0 Å². The van der Waals surface area contributed by atoms with Gasteiger partial charge in [-0.1, -0.05) is 36.4 Å². The first kappa shape index (κ1) is 11.5. The van der Waals surface area contributed by atoms with Gasteiger partial charge >= 0.3 is 0 Å². The summed E-state index contributed by atoms with van der Waals surface area (Å²) in [6.07, 6.45) is 0. The van der Waals surface area contributed by atoms with Crippen LogP contribution in [0.1, 0.15) is 15.7 Å². The molecule has 0 spiro atoms. The molecule has 2 aromatic rings. The van der Waals surface area contributed by atoms with Gasteiger partial charge in [0.05, 0.1) is 4.58 Å². The van der Waals surface area contributed by atoms with E-state index in [2.05, 4.69) is 48.5 Å². The Morgan fingerprint density at radius 2 is 1.47 bits per heavy atom. The Hall–Kier alpha value is -0.570. The first-order valence-electron chi connectivity index (χ1n) is 5.44. The molecule has 0 saturated carbocycles. The number of rotatable bonds is 2. The van der Waals surface area contributed by atoms with Crippen molar-refractivity contribution in [1.82, 2.24) is 0 Å². The van der Waals surface area contributed by atoms with E-state index in [1.807, 2.05) is 23.5 Å². The lowest BCUT2D eigenvalue weighted by Crippen LogP contribution is -1.91. The number of halogens is 1. The quantitative estimate of drug-likeness (QED) is 0.682. The minimum absolute atomic E-state index is 0.447. The molecule has 0 radical (unpaired) electrons. The molecule has 1 aliphatic heterocycles. The van der Waals surface area contributed by atoms with Crippen LogP contribution in [0, 0.1) is 0 Å². The van der Waals surface area contributed by atoms with E-state index in [0.29, 0.717) is 10.5 Å². The Morgan fingerprint density at radius 3 is 2.12 bits per heavy atom. The fourth-order valence-electron chi connectivity index (χ4n) is 1.91. The molecule has 3 rings (SSSR count). The maximum absolute atomic E-state index is 6.00. The van der Waals surface area contributed by atoms with Gasteiger partial charge in [0.25, 0.3) is 0 Å². The van der Waals surface area contributed by atoms with Crippen LogP contribution in [0.2, 0.25) is 0 Å². The Balaban J connectivity index is 1.94. The van der Waals surface area contributed by atoms with E-state index in [0.717, 1.165) is 0 Å². The topological polar surface area (TPSA) is 0 Å². The van der Waals surface area contributed by atoms with Crippen LogP contribution >= 0.6 is 35.1 Å². The summed E-state index contributed by atoms with van der Waals surface area (Å²) in [7, 11) is 0. The first-order valence-corrected chi connectivity index (χ1v) is 7.74. The van der Waals surface area contributed by atoms with Gasteiger partial charge in [0.2, 0.25) is 0 Å². The fourth-order valence-corrected chi connectivity index (χ4v) is 5.12. The zero-order valence-electron chi connectivity index (χ0n) is 9.10. The zero-order valence-corrected chi connectivity index (χ0v) is 11.5. The van der Waals surface area contributed by atoms with Gasteiger partial charge in [0.1, 0.15) is 0 Å². The molecule has 0 nitrogen and oxygen atoms in total. The molecule has 0 aliphatic carbocycles. The molecule has 0 amide bonds. The minimum atomic E-state index is 0.447. The monoisotopic (exact) mass is 278 g/mol. The fraction of sp³-hybridized carbons (Fsp3) is 0.143. The van der Waals surface area contributed by atoms with Crippen molar-refractivity contribution in [2.75, 3.05) is 0 Å². The van der Waals surface area contributed by atoms with Gasteiger partial charge in [-0.3, -0.25) is 0 Å². The normalized spacial score (nSPS) is 14.9. The molecule has 0 aromatic heterocycles. The van der Waals surface area contributed by atoms with Crippen molar-refractivity contribution >= 4 is 35.1 Å². The number of alkyl halides is 1. The molecule has 0 fully saturated rings. The highest BCUT2D eigenvalue weighted by Crippen LogP contribution is 2.57. The van der Waals surface area contributed by atoms with Crippen molar-refractivity contribution in [3.63, 3.8) is 0 Å². The van der Waals surface area contributed by atoms with Crippen LogP contribution in [0.15, 0.2) is 58.3 Å². The van der Waals surface area contributed by atoms with Crippen LogP contribution in [0.25, 0.3) is 0 Å². The average molecular weight is 279 g/mol. The highest BCUT2D eigenvalue weighted by Gasteiger charge is 2.25. The number of benzene rings is 2. The van der Waals surface area contributed by atoms with Gasteiger partial charge in [-0.05, 0) is 23.3 Å². The van der Waals surface area contributed by atoms with E-state index in [4.69, 9.17) is 11.6 Å². The lowest BCUT2D eigenvalue weighted by Gasteiger charge is -2.12. The van der Waals surface area contributed by atoms with Crippen molar-refractivity contribution in [2.24, 2.45) is 0 Å². The zero-order chi connectivity index (χ0) is 11.7. The lowest BCUT2D eigenvalue weighted by molar-refractivity contribution is 1.26.